The first-order valence-electron chi connectivity index (χ1n) is 8.73. The molecule has 2 heterocycles. The van der Waals surface area contributed by atoms with Gasteiger partial charge in [-0.15, -0.1) is 0 Å². The summed E-state index contributed by atoms with van der Waals surface area (Å²) in [6, 6.07) is 4.73. The maximum atomic E-state index is 5.94. The average Bonchev–Trinajstić information content (AvgIpc) is 2.86. The van der Waals surface area contributed by atoms with Gasteiger partial charge in [-0.05, 0) is 26.3 Å². The smallest absolute Gasteiger partial charge is 0.286 e. The monoisotopic (exact) mass is 430 g/mol. The zero-order valence-electron chi connectivity index (χ0n) is 15.2. The van der Waals surface area contributed by atoms with E-state index in [0.29, 0.717) is 12.0 Å². The van der Waals surface area contributed by atoms with Gasteiger partial charge in [0.25, 0.3) is 5.65 Å². The van der Waals surface area contributed by atoms with E-state index in [1.165, 1.54) is 30.6 Å². The lowest BCUT2D eigenvalue weighted by atomic mass is 10.1. The number of hydrogen-bond donors (Lipinski definition) is 0. The summed E-state index contributed by atoms with van der Waals surface area (Å²) in [5.74, 6) is 1.46. The van der Waals surface area contributed by atoms with Crippen LogP contribution < -0.4 is 33.3 Å². The Morgan fingerprint density at radius 3 is 2.43 bits per heavy atom. The standard InChI is InChI=1S/C19H31N2O.HI/c1-6-7-8-9-12-22-17-10-11-19-20(16(4)5)14-18(15(2)3)21(19)13-17;/h10-11,13-16H,6-9,12H2,1-5H3;1H/q+1;/p-1. The van der Waals surface area contributed by atoms with Gasteiger partial charge in [0.2, 0.25) is 0 Å². The zero-order valence-corrected chi connectivity index (χ0v) is 17.3. The summed E-state index contributed by atoms with van der Waals surface area (Å²) in [5, 5.41) is 0. The molecule has 0 atom stereocenters. The number of rotatable bonds is 8. The minimum Gasteiger partial charge on any atom is -1.00 e. The zero-order chi connectivity index (χ0) is 16.1. The van der Waals surface area contributed by atoms with Crippen LogP contribution in [-0.4, -0.2) is 11.0 Å². The molecule has 3 nitrogen and oxygen atoms in total. The van der Waals surface area contributed by atoms with Gasteiger partial charge in [-0.2, -0.15) is 4.40 Å². The molecule has 2 aromatic rings. The van der Waals surface area contributed by atoms with Crippen molar-refractivity contribution in [1.82, 2.24) is 4.40 Å². The molecule has 0 unspecified atom stereocenters. The number of imidazole rings is 1. The lowest BCUT2D eigenvalue weighted by Gasteiger charge is -2.06. The molecule has 23 heavy (non-hydrogen) atoms. The van der Waals surface area contributed by atoms with Crippen LogP contribution in [0, 0.1) is 0 Å². The molecule has 0 saturated carbocycles. The SMILES string of the molecule is CCCCCCOc1ccc2n(c1)c(C(C)C)c[n+]2C(C)C.[I-]. The number of aromatic nitrogens is 2. The molecule has 0 aliphatic heterocycles. The molecule has 0 bridgehead atoms. The third kappa shape index (κ3) is 5.10. The molecule has 0 aliphatic rings. The van der Waals surface area contributed by atoms with Crippen LogP contribution in [0.15, 0.2) is 24.5 Å². The highest BCUT2D eigenvalue weighted by molar-refractivity contribution is 5.39. The topological polar surface area (TPSA) is 17.5 Å². The van der Waals surface area contributed by atoms with Crippen LogP contribution in [-0.2, 0) is 0 Å². The number of unbranched alkanes of at least 4 members (excludes halogenated alkanes) is 3. The van der Waals surface area contributed by atoms with Crippen molar-refractivity contribution in [3.05, 3.63) is 30.2 Å². The summed E-state index contributed by atoms with van der Waals surface area (Å²) < 4.78 is 10.6. The first-order valence-corrected chi connectivity index (χ1v) is 8.73. The van der Waals surface area contributed by atoms with Gasteiger partial charge in [0.1, 0.15) is 12.4 Å². The lowest BCUT2D eigenvalue weighted by Crippen LogP contribution is -3.00. The van der Waals surface area contributed by atoms with Crippen LogP contribution >= 0.6 is 0 Å². The van der Waals surface area contributed by atoms with E-state index in [0.717, 1.165) is 18.8 Å². The first-order chi connectivity index (χ1) is 10.5. The van der Waals surface area contributed by atoms with Crippen molar-refractivity contribution in [2.75, 3.05) is 6.61 Å². The second-order valence-electron chi connectivity index (χ2n) is 6.71. The Labute approximate surface area is 158 Å². The molecule has 2 rings (SSSR count). The first kappa shape index (κ1) is 20.3. The fraction of sp³-hybridized carbons (Fsp3) is 0.632. The van der Waals surface area contributed by atoms with Gasteiger partial charge in [-0.1, -0.05) is 40.0 Å². The molecule has 130 valence electrons. The summed E-state index contributed by atoms with van der Waals surface area (Å²) in [5.41, 5.74) is 2.57. The van der Waals surface area contributed by atoms with E-state index in [1.807, 2.05) is 0 Å². The van der Waals surface area contributed by atoms with E-state index in [4.69, 9.17) is 4.74 Å². The fourth-order valence-electron chi connectivity index (χ4n) is 2.81. The third-order valence-electron chi connectivity index (χ3n) is 4.13. The van der Waals surface area contributed by atoms with Crippen molar-refractivity contribution in [1.29, 1.82) is 0 Å². The molecule has 0 N–H and O–H groups in total. The number of ether oxygens (including phenoxy) is 1. The molecule has 0 amide bonds. The molecule has 0 saturated heterocycles. The van der Waals surface area contributed by atoms with E-state index in [9.17, 15) is 0 Å². The fourth-order valence-corrected chi connectivity index (χ4v) is 2.81. The van der Waals surface area contributed by atoms with Crippen LogP contribution in [0.25, 0.3) is 5.65 Å². The molecule has 0 fully saturated rings. The third-order valence-corrected chi connectivity index (χ3v) is 4.13. The highest BCUT2D eigenvalue weighted by Gasteiger charge is 2.21. The Balaban J connectivity index is 0.00000264. The average molecular weight is 430 g/mol. The van der Waals surface area contributed by atoms with E-state index >= 15 is 0 Å². The van der Waals surface area contributed by atoms with Gasteiger partial charge in [-0.3, -0.25) is 0 Å². The van der Waals surface area contributed by atoms with E-state index < -0.39 is 0 Å². The van der Waals surface area contributed by atoms with E-state index in [-0.39, 0.29) is 24.0 Å². The van der Waals surface area contributed by atoms with Gasteiger partial charge < -0.3 is 28.7 Å². The van der Waals surface area contributed by atoms with Crippen LogP contribution in [0.4, 0.5) is 0 Å². The Morgan fingerprint density at radius 2 is 1.83 bits per heavy atom. The second kappa shape index (κ2) is 9.50. The number of nitrogens with zero attached hydrogens (tertiary/aromatic N) is 2. The molecule has 0 radical (unpaired) electrons. The second-order valence-corrected chi connectivity index (χ2v) is 6.71. The predicted octanol–water partition coefficient (Wildman–Crippen LogP) is 1.89. The molecule has 2 aromatic heterocycles. The maximum Gasteiger partial charge on any atom is 0.286 e. The summed E-state index contributed by atoms with van der Waals surface area (Å²) in [4.78, 5) is 0. The summed E-state index contributed by atoms with van der Waals surface area (Å²) in [7, 11) is 0. The van der Waals surface area contributed by atoms with Crippen molar-refractivity contribution < 1.29 is 33.3 Å². The van der Waals surface area contributed by atoms with E-state index in [2.05, 4.69) is 68.1 Å². The Hall–Kier alpha value is -0.780. The minimum atomic E-state index is 0. The summed E-state index contributed by atoms with van der Waals surface area (Å²) in [6.07, 6.45) is 9.38. The van der Waals surface area contributed by atoms with Crippen molar-refractivity contribution >= 4 is 5.65 Å². The van der Waals surface area contributed by atoms with Crippen molar-refractivity contribution in [3.8, 4) is 5.75 Å². The predicted molar refractivity (Wildman–Crippen MR) is 91.7 cm³/mol. The quantitative estimate of drug-likeness (QED) is 0.355. The molecule has 0 aromatic carbocycles. The molecular weight excluding hydrogens is 399 g/mol. The van der Waals surface area contributed by atoms with Crippen molar-refractivity contribution in [2.24, 2.45) is 0 Å². The minimum absolute atomic E-state index is 0. The Bertz CT molecular complexity index is 605. The lowest BCUT2D eigenvalue weighted by molar-refractivity contribution is -0.691. The number of hydrogen-bond acceptors (Lipinski definition) is 1. The maximum absolute atomic E-state index is 5.94. The highest BCUT2D eigenvalue weighted by Crippen LogP contribution is 2.20. The summed E-state index contributed by atoms with van der Waals surface area (Å²) >= 11 is 0. The molecular formula is C19H31IN2O. The Morgan fingerprint density at radius 1 is 1.09 bits per heavy atom. The van der Waals surface area contributed by atoms with Crippen LogP contribution in [0.3, 0.4) is 0 Å². The number of fused-ring (bicyclic) bond motifs is 1. The highest BCUT2D eigenvalue weighted by atomic mass is 127. The number of pyridine rings is 1. The van der Waals surface area contributed by atoms with Gasteiger partial charge in [0.15, 0.2) is 11.4 Å². The van der Waals surface area contributed by atoms with E-state index in [1.54, 1.807) is 0 Å². The van der Waals surface area contributed by atoms with Gasteiger partial charge in [0.05, 0.1) is 12.6 Å². The van der Waals surface area contributed by atoms with Crippen molar-refractivity contribution in [2.45, 2.75) is 72.3 Å². The normalized spacial score (nSPS) is 11.3. The summed E-state index contributed by atoms with van der Waals surface area (Å²) in [6.45, 7) is 12.0. The van der Waals surface area contributed by atoms with Crippen LogP contribution in [0.5, 0.6) is 5.75 Å². The molecule has 0 spiro atoms. The van der Waals surface area contributed by atoms with Crippen LogP contribution in [0.2, 0.25) is 0 Å². The number of halogens is 1. The van der Waals surface area contributed by atoms with Gasteiger partial charge in [-0.25, -0.2) is 4.57 Å². The van der Waals surface area contributed by atoms with Crippen LogP contribution in [0.1, 0.15) is 78.0 Å². The van der Waals surface area contributed by atoms with Gasteiger partial charge >= 0.3 is 0 Å². The van der Waals surface area contributed by atoms with Crippen molar-refractivity contribution in [3.63, 3.8) is 0 Å². The molecule has 0 aliphatic carbocycles. The Kier molecular flexibility index (Phi) is 8.37. The van der Waals surface area contributed by atoms with Gasteiger partial charge in [0, 0.05) is 12.0 Å². The largest absolute Gasteiger partial charge is 1.00 e. The molecule has 4 heteroatoms.